The first-order valence-corrected chi connectivity index (χ1v) is 8.95. The third kappa shape index (κ3) is 3.93. The van der Waals surface area contributed by atoms with E-state index in [1.165, 1.54) is 11.3 Å². The Morgan fingerprint density at radius 3 is 2.80 bits per heavy atom. The van der Waals surface area contributed by atoms with Crippen LogP contribution in [0.3, 0.4) is 0 Å². The molecule has 130 valence electrons. The van der Waals surface area contributed by atoms with E-state index in [1.807, 2.05) is 50.6 Å². The van der Waals surface area contributed by atoms with Crippen LogP contribution in [-0.4, -0.2) is 31.7 Å². The van der Waals surface area contributed by atoms with Gasteiger partial charge in [-0.2, -0.15) is 5.10 Å². The van der Waals surface area contributed by atoms with Gasteiger partial charge in [-0.3, -0.25) is 14.5 Å². The largest absolute Gasteiger partial charge is 0.347 e. The molecule has 1 N–H and O–H groups in total. The van der Waals surface area contributed by atoms with Gasteiger partial charge in [-0.05, 0) is 45.9 Å². The number of rotatable bonds is 5. The normalized spacial score (nSPS) is 12.2. The smallest absolute Gasteiger partial charge is 0.263 e. The molecule has 6 nitrogen and oxygen atoms in total. The van der Waals surface area contributed by atoms with Crippen molar-refractivity contribution in [3.8, 4) is 10.6 Å². The van der Waals surface area contributed by atoms with E-state index in [4.69, 9.17) is 0 Å². The number of thiazole rings is 1. The van der Waals surface area contributed by atoms with Crippen LogP contribution in [0.5, 0.6) is 0 Å². The molecule has 0 saturated carbocycles. The fourth-order valence-electron chi connectivity index (χ4n) is 2.67. The van der Waals surface area contributed by atoms with Crippen LogP contribution in [0, 0.1) is 20.8 Å². The van der Waals surface area contributed by atoms with E-state index in [2.05, 4.69) is 20.4 Å². The molecular weight excluding hydrogens is 334 g/mol. The lowest BCUT2D eigenvalue weighted by Crippen LogP contribution is -2.36. The van der Waals surface area contributed by atoms with E-state index in [0.717, 1.165) is 27.7 Å². The van der Waals surface area contributed by atoms with Gasteiger partial charge in [0.1, 0.15) is 9.88 Å². The van der Waals surface area contributed by atoms with E-state index >= 15 is 0 Å². The van der Waals surface area contributed by atoms with Crippen LogP contribution in [0.1, 0.15) is 33.7 Å². The maximum absolute atomic E-state index is 12.6. The quantitative estimate of drug-likeness (QED) is 0.763. The summed E-state index contributed by atoms with van der Waals surface area (Å²) < 4.78 is 1.92. The number of pyridine rings is 1. The first-order chi connectivity index (χ1) is 11.9. The lowest BCUT2D eigenvalue weighted by molar-refractivity contribution is 0.0939. The zero-order valence-corrected chi connectivity index (χ0v) is 15.6. The molecule has 1 atom stereocenters. The number of hydrogen-bond donors (Lipinski definition) is 1. The number of hydrogen-bond acceptors (Lipinski definition) is 5. The topological polar surface area (TPSA) is 72.7 Å². The molecule has 0 saturated heterocycles. The fourth-order valence-corrected chi connectivity index (χ4v) is 3.63. The Bertz CT molecular complexity index is 884. The molecule has 0 spiro atoms. The Morgan fingerprint density at radius 2 is 2.16 bits per heavy atom. The molecule has 7 heteroatoms. The number of aryl methyl sites for hydroxylation is 3. The minimum atomic E-state index is -0.0980. The van der Waals surface area contributed by atoms with Crippen LogP contribution in [0.2, 0.25) is 0 Å². The Balaban J connectivity index is 1.71. The predicted octanol–water partition coefficient (Wildman–Crippen LogP) is 3.15. The van der Waals surface area contributed by atoms with Crippen molar-refractivity contribution < 1.29 is 4.79 Å². The summed E-state index contributed by atoms with van der Waals surface area (Å²) in [5, 5.41) is 8.29. The second kappa shape index (κ2) is 7.14. The van der Waals surface area contributed by atoms with Crippen LogP contribution in [0.25, 0.3) is 10.6 Å². The van der Waals surface area contributed by atoms with Gasteiger partial charge in [0.05, 0.1) is 17.9 Å². The van der Waals surface area contributed by atoms with Gasteiger partial charge in [-0.15, -0.1) is 11.3 Å². The van der Waals surface area contributed by atoms with Crippen molar-refractivity contribution in [1.29, 1.82) is 0 Å². The van der Waals surface area contributed by atoms with E-state index in [9.17, 15) is 4.79 Å². The molecule has 3 heterocycles. The first kappa shape index (κ1) is 17.3. The van der Waals surface area contributed by atoms with E-state index < -0.39 is 0 Å². The Morgan fingerprint density at radius 1 is 1.36 bits per heavy atom. The molecule has 3 aromatic heterocycles. The SMILES string of the molecule is Cc1cc(C)n(C[C@H](C)NC(=O)c2sc(-c3cccnc3)nc2C)n1. The molecule has 0 aliphatic carbocycles. The number of amides is 1. The van der Waals surface area contributed by atoms with Crippen LogP contribution in [-0.2, 0) is 6.54 Å². The highest BCUT2D eigenvalue weighted by Gasteiger charge is 2.18. The number of nitrogens with one attached hydrogen (secondary N) is 1. The second-order valence-corrected chi connectivity index (χ2v) is 7.16. The van der Waals surface area contributed by atoms with Gasteiger partial charge in [0.25, 0.3) is 5.91 Å². The summed E-state index contributed by atoms with van der Waals surface area (Å²) in [6.45, 7) is 8.46. The maximum Gasteiger partial charge on any atom is 0.263 e. The summed E-state index contributed by atoms with van der Waals surface area (Å²) in [5.74, 6) is -0.0980. The number of carbonyl (C=O) groups excluding carboxylic acids is 1. The van der Waals surface area contributed by atoms with Crippen molar-refractivity contribution in [2.45, 2.75) is 40.3 Å². The summed E-state index contributed by atoms with van der Waals surface area (Å²) in [6.07, 6.45) is 3.48. The third-order valence-corrected chi connectivity index (χ3v) is 5.04. The molecule has 0 unspecified atom stereocenters. The van der Waals surface area contributed by atoms with Gasteiger partial charge in [0, 0.05) is 29.7 Å². The molecule has 1 amide bonds. The van der Waals surface area contributed by atoms with Crippen molar-refractivity contribution in [3.63, 3.8) is 0 Å². The second-order valence-electron chi connectivity index (χ2n) is 6.16. The number of carbonyl (C=O) groups is 1. The zero-order valence-electron chi connectivity index (χ0n) is 14.8. The molecule has 25 heavy (non-hydrogen) atoms. The predicted molar refractivity (Wildman–Crippen MR) is 98.7 cm³/mol. The average Bonchev–Trinajstić information content (AvgIpc) is 3.10. The van der Waals surface area contributed by atoms with Crippen molar-refractivity contribution in [2.24, 2.45) is 0 Å². The van der Waals surface area contributed by atoms with Crippen molar-refractivity contribution >= 4 is 17.2 Å². The monoisotopic (exact) mass is 355 g/mol. The fraction of sp³-hybridized carbons (Fsp3) is 0.333. The van der Waals surface area contributed by atoms with Crippen LogP contribution < -0.4 is 5.32 Å². The number of aromatic nitrogens is 4. The van der Waals surface area contributed by atoms with Crippen LogP contribution in [0.15, 0.2) is 30.6 Å². The van der Waals surface area contributed by atoms with Crippen LogP contribution in [0.4, 0.5) is 0 Å². The lowest BCUT2D eigenvalue weighted by Gasteiger charge is -2.14. The Labute approximate surface area is 150 Å². The molecule has 0 aliphatic heterocycles. The summed E-state index contributed by atoms with van der Waals surface area (Å²) in [6, 6.07) is 5.80. The summed E-state index contributed by atoms with van der Waals surface area (Å²) in [5.41, 5.74) is 3.73. The molecule has 0 aliphatic rings. The molecule has 0 aromatic carbocycles. The summed E-state index contributed by atoms with van der Waals surface area (Å²) in [4.78, 5) is 21.9. The summed E-state index contributed by atoms with van der Waals surface area (Å²) in [7, 11) is 0. The average molecular weight is 355 g/mol. The zero-order chi connectivity index (χ0) is 18.0. The lowest BCUT2D eigenvalue weighted by atomic mass is 10.3. The summed E-state index contributed by atoms with van der Waals surface area (Å²) >= 11 is 1.39. The highest BCUT2D eigenvalue weighted by Crippen LogP contribution is 2.27. The van der Waals surface area contributed by atoms with Crippen molar-refractivity contribution in [2.75, 3.05) is 0 Å². The highest BCUT2D eigenvalue weighted by molar-refractivity contribution is 7.17. The van der Waals surface area contributed by atoms with Crippen molar-refractivity contribution in [1.82, 2.24) is 25.1 Å². The molecule has 3 rings (SSSR count). The minimum Gasteiger partial charge on any atom is -0.347 e. The van der Waals surface area contributed by atoms with Gasteiger partial charge in [-0.25, -0.2) is 4.98 Å². The third-order valence-electron chi connectivity index (χ3n) is 3.84. The number of nitrogens with zero attached hydrogens (tertiary/aromatic N) is 4. The van der Waals surface area contributed by atoms with Gasteiger partial charge >= 0.3 is 0 Å². The van der Waals surface area contributed by atoms with E-state index in [-0.39, 0.29) is 11.9 Å². The van der Waals surface area contributed by atoms with E-state index in [0.29, 0.717) is 11.4 Å². The standard InChI is InChI=1S/C18H21N5OS/c1-11-8-13(3)23(22-11)10-12(2)20-17(24)16-14(4)21-18(25-16)15-6-5-7-19-9-15/h5-9,12H,10H2,1-4H3,(H,20,24)/t12-/m0/s1. The highest BCUT2D eigenvalue weighted by atomic mass is 32.1. The molecule has 0 bridgehead atoms. The maximum atomic E-state index is 12.6. The Hall–Kier alpha value is -2.54. The van der Waals surface area contributed by atoms with Crippen LogP contribution >= 0.6 is 11.3 Å². The van der Waals surface area contributed by atoms with Gasteiger partial charge in [-0.1, -0.05) is 0 Å². The Kier molecular flexibility index (Phi) is 4.94. The molecular formula is C18H21N5OS. The van der Waals surface area contributed by atoms with Gasteiger partial charge in [0.2, 0.25) is 0 Å². The first-order valence-electron chi connectivity index (χ1n) is 8.14. The van der Waals surface area contributed by atoms with Crippen molar-refractivity contribution in [3.05, 3.63) is 52.6 Å². The van der Waals surface area contributed by atoms with E-state index in [1.54, 1.807) is 12.4 Å². The van der Waals surface area contributed by atoms with Gasteiger partial charge < -0.3 is 5.32 Å². The molecule has 3 aromatic rings. The molecule has 0 fully saturated rings. The minimum absolute atomic E-state index is 0.0335. The molecule has 0 radical (unpaired) electrons. The van der Waals surface area contributed by atoms with Gasteiger partial charge in [0.15, 0.2) is 0 Å².